The number of hydrogen-bond donors (Lipinski definition) is 1. The number of benzene rings is 1. The maximum atomic E-state index is 13.6. The van der Waals surface area contributed by atoms with Gasteiger partial charge in [-0.1, -0.05) is 121 Å². The monoisotopic (exact) mass is 572 g/mol. The Bertz CT molecular complexity index is 905. The molecule has 0 bridgehead atoms. The molecule has 7 heteroatoms. The third kappa shape index (κ3) is 12.5. The average molecular weight is 573 g/mol. The Morgan fingerprint density at radius 2 is 1.39 bits per heavy atom. The molecule has 1 N–H and O–H groups in total. The normalized spacial score (nSPS) is 15.3. The molecule has 7 nitrogen and oxygen atoms in total. The van der Waals surface area contributed by atoms with E-state index in [0.717, 1.165) is 30.4 Å². The minimum atomic E-state index is -1.01. The first-order valence-electron chi connectivity index (χ1n) is 16.4. The Morgan fingerprint density at radius 1 is 0.854 bits per heavy atom. The smallest absolute Gasteiger partial charge is 0.326 e. The number of hydrogen-bond acceptors (Lipinski definition) is 4. The number of ether oxygens (including phenoxy) is 1. The highest BCUT2D eigenvalue weighted by atomic mass is 16.5. The molecule has 1 aromatic rings. The number of amides is 2. The highest BCUT2D eigenvalue weighted by Crippen LogP contribution is 2.26. The predicted molar refractivity (Wildman–Crippen MR) is 165 cm³/mol. The third-order valence-corrected chi connectivity index (χ3v) is 8.40. The predicted octanol–water partition coefficient (Wildman–Crippen LogP) is 7.99. The summed E-state index contributed by atoms with van der Waals surface area (Å²) in [5.41, 5.74) is 1.94. The van der Waals surface area contributed by atoms with Crippen molar-refractivity contribution in [2.45, 2.75) is 136 Å². The van der Waals surface area contributed by atoms with Gasteiger partial charge in [0, 0.05) is 26.1 Å². The lowest BCUT2D eigenvalue weighted by molar-refractivity contribution is -0.149. The number of aliphatic carboxylic acids is 1. The van der Waals surface area contributed by atoms with Crippen LogP contribution in [-0.2, 0) is 27.3 Å². The second-order valence-corrected chi connectivity index (χ2v) is 11.6. The first kappa shape index (κ1) is 34.6. The van der Waals surface area contributed by atoms with Crippen LogP contribution in [0.3, 0.4) is 0 Å². The molecule has 232 valence electrons. The van der Waals surface area contributed by atoms with Crippen molar-refractivity contribution in [1.82, 2.24) is 9.80 Å². The quantitative estimate of drug-likeness (QED) is 0.119. The molecular weight excluding hydrogens is 516 g/mol. The summed E-state index contributed by atoms with van der Waals surface area (Å²) in [6, 6.07) is 6.43. The van der Waals surface area contributed by atoms with E-state index in [0.29, 0.717) is 19.6 Å². The molecular formula is C34H56N2O5. The molecule has 0 aliphatic carbocycles. The van der Waals surface area contributed by atoms with Crippen LogP contribution in [0.25, 0.3) is 0 Å². The molecule has 0 unspecified atom stereocenters. The van der Waals surface area contributed by atoms with Crippen LogP contribution >= 0.6 is 0 Å². The number of carbonyl (C=O) groups excluding carboxylic acids is 2. The number of unbranched alkanes of at least 4 members (excludes halogenated alkanes) is 13. The third-order valence-electron chi connectivity index (χ3n) is 8.40. The standard InChI is InChI=1S/C34H56N2O5/c1-4-7-8-9-10-11-12-13-14-15-16-17-18-19-24-30(33(39)41-6-3)26-35(5-2)34(40)36-27-29-23-21-20-22-28(29)25-31(36)32(37)38/h20-23,30-31H,4-19,24-27H2,1-3H3,(H,37,38)/t30-,31+/m1/s1. The fraction of sp³-hybridized carbons (Fsp3) is 0.735. The summed E-state index contributed by atoms with van der Waals surface area (Å²) in [5, 5.41) is 9.89. The lowest BCUT2D eigenvalue weighted by Gasteiger charge is -2.38. The highest BCUT2D eigenvalue weighted by molar-refractivity contribution is 5.84. The van der Waals surface area contributed by atoms with Gasteiger partial charge < -0.3 is 19.6 Å². The summed E-state index contributed by atoms with van der Waals surface area (Å²) in [5.74, 6) is -1.68. The van der Waals surface area contributed by atoms with E-state index in [1.165, 1.54) is 75.5 Å². The van der Waals surface area contributed by atoms with Gasteiger partial charge in [-0.15, -0.1) is 0 Å². The van der Waals surface area contributed by atoms with Crippen LogP contribution in [0.2, 0.25) is 0 Å². The minimum Gasteiger partial charge on any atom is -0.480 e. The van der Waals surface area contributed by atoms with Crippen LogP contribution in [-0.4, -0.2) is 58.6 Å². The Hall–Kier alpha value is -2.57. The molecule has 0 saturated carbocycles. The van der Waals surface area contributed by atoms with Crippen LogP contribution in [0.15, 0.2) is 24.3 Å². The number of fused-ring (bicyclic) bond motifs is 1. The Morgan fingerprint density at radius 3 is 1.90 bits per heavy atom. The van der Waals surface area contributed by atoms with E-state index in [1.54, 1.807) is 11.8 Å². The van der Waals surface area contributed by atoms with Crippen molar-refractivity contribution in [3.63, 3.8) is 0 Å². The molecule has 0 saturated heterocycles. The van der Waals surface area contributed by atoms with Gasteiger partial charge in [0.1, 0.15) is 6.04 Å². The molecule has 41 heavy (non-hydrogen) atoms. The molecule has 0 fully saturated rings. The second kappa shape index (κ2) is 20.3. The molecule has 2 amide bonds. The summed E-state index contributed by atoms with van der Waals surface area (Å²) in [6.07, 6.45) is 18.8. The number of carboxylic acids is 1. The second-order valence-electron chi connectivity index (χ2n) is 11.6. The van der Waals surface area contributed by atoms with Crippen LogP contribution in [0.4, 0.5) is 4.79 Å². The Balaban J connectivity index is 1.79. The van der Waals surface area contributed by atoms with E-state index >= 15 is 0 Å². The van der Waals surface area contributed by atoms with Gasteiger partial charge in [0.2, 0.25) is 0 Å². The number of carboxylic acid groups (broad SMARTS) is 1. The minimum absolute atomic E-state index is 0.247. The van der Waals surface area contributed by atoms with Crippen molar-refractivity contribution in [3.8, 4) is 0 Å². The Kier molecular flexibility index (Phi) is 17.2. The zero-order valence-corrected chi connectivity index (χ0v) is 26.1. The number of carbonyl (C=O) groups is 3. The fourth-order valence-corrected chi connectivity index (χ4v) is 5.86. The van der Waals surface area contributed by atoms with E-state index in [2.05, 4.69) is 6.92 Å². The van der Waals surface area contributed by atoms with E-state index < -0.39 is 17.9 Å². The zero-order valence-electron chi connectivity index (χ0n) is 26.1. The molecule has 0 spiro atoms. The molecule has 2 rings (SSSR count). The van der Waals surface area contributed by atoms with Crippen LogP contribution in [0, 0.1) is 5.92 Å². The summed E-state index contributed by atoms with van der Waals surface area (Å²) < 4.78 is 5.37. The lowest BCUT2D eigenvalue weighted by Crippen LogP contribution is -2.54. The van der Waals surface area contributed by atoms with E-state index in [-0.39, 0.29) is 31.5 Å². The molecule has 1 heterocycles. The van der Waals surface area contributed by atoms with E-state index in [4.69, 9.17) is 4.74 Å². The van der Waals surface area contributed by atoms with Gasteiger partial charge in [-0.25, -0.2) is 9.59 Å². The van der Waals surface area contributed by atoms with Gasteiger partial charge in [-0.3, -0.25) is 4.79 Å². The van der Waals surface area contributed by atoms with E-state index in [9.17, 15) is 19.5 Å². The zero-order chi connectivity index (χ0) is 29.9. The van der Waals surface area contributed by atoms with Crippen molar-refractivity contribution in [2.75, 3.05) is 19.7 Å². The number of urea groups is 1. The van der Waals surface area contributed by atoms with Crippen molar-refractivity contribution in [2.24, 2.45) is 5.92 Å². The maximum absolute atomic E-state index is 13.6. The van der Waals surface area contributed by atoms with Gasteiger partial charge in [0.15, 0.2) is 0 Å². The Labute approximate surface area is 249 Å². The van der Waals surface area contributed by atoms with E-state index in [1.807, 2.05) is 31.2 Å². The fourth-order valence-electron chi connectivity index (χ4n) is 5.86. The summed E-state index contributed by atoms with van der Waals surface area (Å²) >= 11 is 0. The lowest BCUT2D eigenvalue weighted by atomic mass is 9.94. The first-order valence-corrected chi connectivity index (χ1v) is 16.4. The van der Waals surface area contributed by atoms with Crippen molar-refractivity contribution in [3.05, 3.63) is 35.4 Å². The highest BCUT2D eigenvalue weighted by Gasteiger charge is 2.37. The maximum Gasteiger partial charge on any atom is 0.326 e. The number of esters is 1. The van der Waals surface area contributed by atoms with Crippen molar-refractivity contribution >= 4 is 18.0 Å². The van der Waals surface area contributed by atoms with Crippen LogP contribution in [0.1, 0.15) is 128 Å². The van der Waals surface area contributed by atoms with Gasteiger partial charge >= 0.3 is 18.0 Å². The average Bonchev–Trinajstić information content (AvgIpc) is 2.97. The van der Waals surface area contributed by atoms with Crippen LogP contribution in [0.5, 0.6) is 0 Å². The SMILES string of the molecule is CCCCCCCCCCCCCCCC[C@H](CN(CC)C(=O)N1Cc2ccccc2C[C@H]1C(=O)O)C(=O)OCC. The van der Waals surface area contributed by atoms with Gasteiger partial charge in [-0.05, 0) is 31.4 Å². The van der Waals surface area contributed by atoms with Crippen molar-refractivity contribution < 1.29 is 24.2 Å². The molecule has 1 aliphatic rings. The van der Waals surface area contributed by atoms with Gasteiger partial charge in [0.05, 0.1) is 12.5 Å². The summed E-state index contributed by atoms with van der Waals surface area (Å²) in [4.78, 5) is 41.6. The molecule has 0 aromatic heterocycles. The van der Waals surface area contributed by atoms with Crippen molar-refractivity contribution in [1.29, 1.82) is 0 Å². The number of rotatable bonds is 21. The summed E-state index contributed by atoms with van der Waals surface area (Å²) in [6.45, 7) is 7.14. The van der Waals surface area contributed by atoms with Crippen LogP contribution < -0.4 is 0 Å². The first-order chi connectivity index (χ1) is 19.9. The largest absolute Gasteiger partial charge is 0.480 e. The van der Waals surface area contributed by atoms with Gasteiger partial charge in [0.25, 0.3) is 0 Å². The number of nitrogens with zero attached hydrogens (tertiary/aromatic N) is 2. The molecule has 0 radical (unpaired) electrons. The van der Waals surface area contributed by atoms with Gasteiger partial charge in [-0.2, -0.15) is 0 Å². The summed E-state index contributed by atoms with van der Waals surface area (Å²) in [7, 11) is 0. The molecule has 2 atom stereocenters. The molecule has 1 aliphatic heterocycles. The topological polar surface area (TPSA) is 87.2 Å². The molecule has 1 aromatic carbocycles.